The first-order valence-corrected chi connectivity index (χ1v) is 10.5. The van der Waals surface area contributed by atoms with E-state index in [9.17, 15) is 9.59 Å². The van der Waals surface area contributed by atoms with Crippen LogP contribution in [-0.4, -0.2) is 55.0 Å². The Morgan fingerprint density at radius 2 is 1.82 bits per heavy atom. The van der Waals surface area contributed by atoms with Gasteiger partial charge in [0.15, 0.2) is 5.78 Å². The first kappa shape index (κ1) is 22.2. The van der Waals surface area contributed by atoms with E-state index in [1.807, 2.05) is 41.3 Å². The summed E-state index contributed by atoms with van der Waals surface area (Å²) in [5.74, 6) is 1.76. The molecule has 2 aromatic carbocycles. The molecular weight excluding hydrogens is 422 g/mol. The molecule has 3 N–H and O–H groups in total. The summed E-state index contributed by atoms with van der Waals surface area (Å²) < 4.78 is 10.9. The van der Waals surface area contributed by atoms with Crippen LogP contribution in [0.5, 0.6) is 11.5 Å². The fourth-order valence-corrected chi connectivity index (χ4v) is 4.16. The Kier molecular flexibility index (Phi) is 5.71. The Balaban J connectivity index is 1.94. The highest BCUT2D eigenvalue weighted by molar-refractivity contribution is 6.30. The van der Waals surface area contributed by atoms with Gasteiger partial charge in [0, 0.05) is 38.7 Å². The third kappa shape index (κ3) is 3.75. The summed E-state index contributed by atoms with van der Waals surface area (Å²) in [6.07, 6.45) is 0. The Labute approximate surface area is 191 Å². The normalized spacial score (nSPS) is 18.1. The predicted molar refractivity (Wildman–Crippen MR) is 126 cm³/mol. The van der Waals surface area contributed by atoms with Gasteiger partial charge in [-0.05, 0) is 19.1 Å². The third-order valence-corrected chi connectivity index (χ3v) is 5.81. The number of aromatic amines is 1. The number of carbonyl (C=O) groups is 2. The molecule has 1 aromatic heterocycles. The van der Waals surface area contributed by atoms with Crippen molar-refractivity contribution in [2.24, 2.45) is 0 Å². The third-order valence-electron chi connectivity index (χ3n) is 5.81. The lowest BCUT2D eigenvalue weighted by atomic mass is 9.92. The summed E-state index contributed by atoms with van der Waals surface area (Å²) in [5, 5.41) is 5.99. The van der Waals surface area contributed by atoms with Gasteiger partial charge in [-0.3, -0.25) is 9.59 Å². The van der Waals surface area contributed by atoms with Crippen molar-refractivity contribution < 1.29 is 19.1 Å². The second-order valence-corrected chi connectivity index (χ2v) is 8.00. The van der Waals surface area contributed by atoms with Crippen molar-refractivity contribution >= 4 is 34.0 Å². The van der Waals surface area contributed by atoms with Crippen LogP contribution in [0.1, 0.15) is 19.7 Å². The topological polar surface area (TPSA) is 109 Å². The maximum atomic E-state index is 14.0. The fraction of sp³-hybridized carbons (Fsp3) is 0.292. The minimum atomic E-state index is -1.13. The van der Waals surface area contributed by atoms with Gasteiger partial charge in [-0.2, -0.15) is 0 Å². The lowest BCUT2D eigenvalue weighted by molar-refractivity contribution is -0.120. The van der Waals surface area contributed by atoms with Crippen molar-refractivity contribution in [2.75, 3.05) is 32.7 Å². The monoisotopic (exact) mass is 449 g/mol. The molecule has 0 radical (unpaired) electrons. The molecule has 172 valence electrons. The quantitative estimate of drug-likeness (QED) is 0.508. The summed E-state index contributed by atoms with van der Waals surface area (Å²) in [7, 11) is 4.89. The van der Waals surface area contributed by atoms with Gasteiger partial charge in [0.25, 0.3) is 0 Å². The number of fused-ring (bicyclic) bond motifs is 1. The van der Waals surface area contributed by atoms with Crippen molar-refractivity contribution in [3.8, 4) is 11.5 Å². The molecule has 4 rings (SSSR count). The number of methoxy groups -OCH3 is 2. The molecule has 1 aliphatic rings. The summed E-state index contributed by atoms with van der Waals surface area (Å²) in [4.78, 5) is 35.5. The van der Waals surface area contributed by atoms with E-state index in [2.05, 4.69) is 20.6 Å². The summed E-state index contributed by atoms with van der Waals surface area (Å²) >= 11 is 0. The molecule has 1 amide bonds. The number of anilines is 1. The summed E-state index contributed by atoms with van der Waals surface area (Å²) in [6, 6.07) is 13.0. The lowest BCUT2D eigenvalue weighted by Crippen LogP contribution is -2.55. The SMILES string of the molecule is CNC1=C(c2nc3ccccc3[nH]2)C(=O)C(C)(CNC(C)=O)N1c1cc(OC)cc(OC)c1. The number of nitrogens with one attached hydrogen (secondary N) is 3. The van der Waals surface area contributed by atoms with Gasteiger partial charge in [-0.15, -0.1) is 0 Å². The molecule has 9 nitrogen and oxygen atoms in total. The number of benzene rings is 2. The number of nitrogens with zero attached hydrogens (tertiary/aromatic N) is 2. The predicted octanol–water partition coefficient (Wildman–Crippen LogP) is 2.45. The molecule has 3 aromatic rings. The molecule has 1 aliphatic heterocycles. The van der Waals surface area contributed by atoms with Crippen LogP contribution in [0.3, 0.4) is 0 Å². The molecule has 1 atom stereocenters. The van der Waals surface area contributed by atoms with Gasteiger partial charge in [-0.1, -0.05) is 12.1 Å². The van der Waals surface area contributed by atoms with Crippen molar-refractivity contribution in [2.45, 2.75) is 19.4 Å². The largest absolute Gasteiger partial charge is 0.497 e. The first-order chi connectivity index (χ1) is 15.8. The molecule has 0 saturated heterocycles. The first-order valence-electron chi connectivity index (χ1n) is 10.5. The second kappa shape index (κ2) is 8.50. The van der Waals surface area contributed by atoms with Gasteiger partial charge in [0.1, 0.15) is 34.3 Å². The highest BCUT2D eigenvalue weighted by Crippen LogP contribution is 2.43. The molecular formula is C24H27N5O4. The zero-order valence-corrected chi connectivity index (χ0v) is 19.3. The number of aromatic nitrogens is 2. The Hall–Kier alpha value is -4.01. The number of carbonyl (C=O) groups excluding carboxylic acids is 2. The van der Waals surface area contributed by atoms with Crippen LogP contribution in [0.2, 0.25) is 0 Å². The highest BCUT2D eigenvalue weighted by atomic mass is 16.5. The maximum absolute atomic E-state index is 14.0. The molecule has 9 heteroatoms. The number of rotatable bonds is 7. The van der Waals surface area contributed by atoms with E-state index in [1.54, 1.807) is 34.3 Å². The zero-order chi connectivity index (χ0) is 23.8. The molecule has 0 spiro atoms. The van der Waals surface area contributed by atoms with Crippen LogP contribution < -0.4 is 25.0 Å². The standard InChI is InChI=1S/C24H27N5O4/c1-14(30)26-13-24(2)21(31)20(22-27-18-8-6-7-9-19(18)28-22)23(25-3)29(24)15-10-16(32-4)12-17(11-15)33-5/h6-12,25H,13H2,1-5H3,(H,26,30)(H,27,28). The van der Waals surface area contributed by atoms with E-state index < -0.39 is 5.54 Å². The van der Waals surface area contributed by atoms with E-state index >= 15 is 0 Å². The molecule has 0 bridgehead atoms. The number of imidazole rings is 1. The minimum Gasteiger partial charge on any atom is -0.497 e. The van der Waals surface area contributed by atoms with Crippen LogP contribution in [0, 0.1) is 0 Å². The Bertz CT molecular complexity index is 1210. The molecule has 33 heavy (non-hydrogen) atoms. The van der Waals surface area contributed by atoms with E-state index in [0.29, 0.717) is 34.4 Å². The van der Waals surface area contributed by atoms with Gasteiger partial charge >= 0.3 is 0 Å². The minimum absolute atomic E-state index is 0.0929. The van der Waals surface area contributed by atoms with E-state index in [1.165, 1.54) is 6.92 Å². The summed E-state index contributed by atoms with van der Waals surface area (Å²) in [6.45, 7) is 3.31. The number of Topliss-reactive ketones (excluding diaryl/α,β-unsaturated/α-hetero) is 1. The lowest BCUT2D eigenvalue weighted by Gasteiger charge is -2.37. The van der Waals surface area contributed by atoms with Gasteiger partial charge in [-0.25, -0.2) is 4.98 Å². The number of hydrogen-bond acceptors (Lipinski definition) is 7. The molecule has 0 fully saturated rings. The number of ketones is 1. The number of para-hydroxylation sites is 2. The van der Waals surface area contributed by atoms with Crippen LogP contribution in [-0.2, 0) is 9.59 Å². The zero-order valence-electron chi connectivity index (χ0n) is 19.3. The van der Waals surface area contributed by atoms with Crippen LogP contribution in [0.4, 0.5) is 5.69 Å². The number of hydrogen-bond donors (Lipinski definition) is 3. The summed E-state index contributed by atoms with van der Waals surface area (Å²) in [5.41, 5.74) is 1.53. The van der Waals surface area contributed by atoms with E-state index in [0.717, 1.165) is 11.0 Å². The number of amides is 1. The van der Waals surface area contributed by atoms with Gasteiger partial charge < -0.3 is 30.0 Å². The van der Waals surface area contributed by atoms with E-state index in [-0.39, 0.29) is 18.2 Å². The average Bonchev–Trinajstić information content (AvgIpc) is 3.34. The molecule has 1 unspecified atom stereocenters. The fourth-order valence-electron chi connectivity index (χ4n) is 4.16. The Morgan fingerprint density at radius 1 is 1.15 bits per heavy atom. The molecule has 0 aliphatic carbocycles. The van der Waals surface area contributed by atoms with E-state index in [4.69, 9.17) is 9.47 Å². The second-order valence-electron chi connectivity index (χ2n) is 8.00. The molecule has 0 saturated carbocycles. The van der Waals surface area contributed by atoms with Gasteiger partial charge in [0.2, 0.25) is 5.91 Å². The van der Waals surface area contributed by atoms with Crippen molar-refractivity contribution in [3.63, 3.8) is 0 Å². The average molecular weight is 450 g/mol. The molecule has 2 heterocycles. The van der Waals surface area contributed by atoms with Crippen LogP contribution in [0.25, 0.3) is 16.6 Å². The number of ether oxygens (including phenoxy) is 2. The van der Waals surface area contributed by atoms with Crippen molar-refractivity contribution in [1.29, 1.82) is 0 Å². The van der Waals surface area contributed by atoms with Gasteiger partial charge in [0.05, 0.1) is 30.9 Å². The van der Waals surface area contributed by atoms with Crippen LogP contribution >= 0.6 is 0 Å². The Morgan fingerprint density at radius 3 is 2.39 bits per heavy atom. The van der Waals surface area contributed by atoms with Crippen molar-refractivity contribution in [1.82, 2.24) is 20.6 Å². The number of H-pyrrole nitrogens is 1. The van der Waals surface area contributed by atoms with Crippen LogP contribution in [0.15, 0.2) is 48.3 Å². The highest BCUT2D eigenvalue weighted by Gasteiger charge is 2.51. The van der Waals surface area contributed by atoms with Crippen molar-refractivity contribution in [3.05, 3.63) is 54.1 Å². The smallest absolute Gasteiger partial charge is 0.216 e. The maximum Gasteiger partial charge on any atom is 0.216 e.